The van der Waals surface area contributed by atoms with Crippen LogP contribution in [0.15, 0.2) is 18.2 Å². The summed E-state index contributed by atoms with van der Waals surface area (Å²) in [4.78, 5) is 25.3. The Hall–Kier alpha value is -2.12. The van der Waals surface area contributed by atoms with Crippen molar-refractivity contribution < 1.29 is 27.5 Å². The van der Waals surface area contributed by atoms with E-state index in [0.29, 0.717) is 0 Å². The first-order valence-electron chi connectivity index (χ1n) is 4.74. The Balaban J connectivity index is 2.78. The predicted octanol–water partition coefficient (Wildman–Crippen LogP) is 1.64. The topological polar surface area (TPSA) is 68.3 Å². The summed E-state index contributed by atoms with van der Waals surface area (Å²) in [6.45, 7) is -0.485. The molecule has 0 atom stereocenters. The number of aromatic nitrogens is 1. The standard InChI is InChI=1S/C10H9F3N2O3/c1-18-9(17)14-5-7(16)6-3-2-4-8(15-6)10(11,12)13/h2-4H,5H2,1H3,(H,14,17). The number of Topliss-reactive ketones (excluding diaryl/α,β-unsaturated/α-hetero) is 1. The van der Waals surface area contributed by atoms with Crippen molar-refractivity contribution in [2.45, 2.75) is 6.18 Å². The van der Waals surface area contributed by atoms with Gasteiger partial charge in [0.25, 0.3) is 0 Å². The van der Waals surface area contributed by atoms with Gasteiger partial charge in [0.15, 0.2) is 5.78 Å². The van der Waals surface area contributed by atoms with Crippen molar-refractivity contribution in [3.63, 3.8) is 0 Å². The van der Waals surface area contributed by atoms with E-state index in [2.05, 4.69) is 15.0 Å². The van der Waals surface area contributed by atoms with Gasteiger partial charge in [-0.1, -0.05) is 6.07 Å². The van der Waals surface area contributed by atoms with Gasteiger partial charge in [-0.25, -0.2) is 9.78 Å². The molecule has 1 heterocycles. The largest absolute Gasteiger partial charge is 0.453 e. The highest BCUT2D eigenvalue weighted by atomic mass is 19.4. The maximum absolute atomic E-state index is 12.3. The second kappa shape index (κ2) is 5.48. The van der Waals surface area contributed by atoms with Crippen LogP contribution in [0.2, 0.25) is 0 Å². The number of rotatable bonds is 3. The molecule has 0 aliphatic carbocycles. The Bertz CT molecular complexity index is 460. The third kappa shape index (κ3) is 3.72. The molecule has 0 unspecified atom stereocenters. The predicted molar refractivity (Wildman–Crippen MR) is 54.0 cm³/mol. The zero-order valence-corrected chi connectivity index (χ0v) is 9.25. The van der Waals surface area contributed by atoms with Crippen molar-refractivity contribution in [2.75, 3.05) is 13.7 Å². The maximum atomic E-state index is 12.3. The van der Waals surface area contributed by atoms with Crippen LogP contribution in [0.1, 0.15) is 16.2 Å². The lowest BCUT2D eigenvalue weighted by Crippen LogP contribution is -2.30. The number of methoxy groups -OCH3 is 1. The first kappa shape index (κ1) is 13.9. The first-order chi connectivity index (χ1) is 8.34. The van der Waals surface area contributed by atoms with Crippen LogP contribution >= 0.6 is 0 Å². The van der Waals surface area contributed by atoms with Gasteiger partial charge in [-0.3, -0.25) is 4.79 Å². The second-order valence-electron chi connectivity index (χ2n) is 3.17. The number of alkyl carbamates (subject to hydrolysis) is 1. The number of nitrogens with zero attached hydrogens (tertiary/aromatic N) is 1. The molecule has 0 bridgehead atoms. The van der Waals surface area contributed by atoms with Crippen LogP contribution in [0, 0.1) is 0 Å². The van der Waals surface area contributed by atoms with Crippen LogP contribution < -0.4 is 5.32 Å². The van der Waals surface area contributed by atoms with E-state index in [1.807, 2.05) is 0 Å². The minimum absolute atomic E-state index is 0.374. The number of ether oxygens (including phenoxy) is 1. The van der Waals surface area contributed by atoms with Gasteiger partial charge in [-0.15, -0.1) is 0 Å². The lowest BCUT2D eigenvalue weighted by molar-refractivity contribution is -0.141. The summed E-state index contributed by atoms with van der Waals surface area (Å²) >= 11 is 0. The number of amides is 1. The summed E-state index contributed by atoms with van der Waals surface area (Å²) in [7, 11) is 1.10. The fourth-order valence-electron chi connectivity index (χ4n) is 1.06. The molecule has 1 rings (SSSR count). The summed E-state index contributed by atoms with van der Waals surface area (Å²) < 4.78 is 41.2. The zero-order valence-electron chi connectivity index (χ0n) is 9.25. The van der Waals surface area contributed by atoms with Gasteiger partial charge in [0, 0.05) is 0 Å². The molecule has 5 nitrogen and oxygen atoms in total. The van der Waals surface area contributed by atoms with E-state index in [0.717, 1.165) is 25.3 Å². The Morgan fingerprint density at radius 3 is 2.61 bits per heavy atom. The number of hydrogen-bond acceptors (Lipinski definition) is 4. The third-order valence-electron chi connectivity index (χ3n) is 1.90. The number of alkyl halides is 3. The lowest BCUT2D eigenvalue weighted by atomic mass is 10.2. The summed E-state index contributed by atoms with van der Waals surface area (Å²) in [6.07, 6.45) is -5.47. The fourth-order valence-corrected chi connectivity index (χ4v) is 1.06. The number of nitrogens with one attached hydrogen (secondary N) is 1. The Morgan fingerprint density at radius 2 is 2.06 bits per heavy atom. The van der Waals surface area contributed by atoms with Crippen LogP contribution in [-0.4, -0.2) is 30.5 Å². The second-order valence-corrected chi connectivity index (χ2v) is 3.17. The molecule has 0 aliphatic heterocycles. The van der Waals surface area contributed by atoms with Gasteiger partial charge in [0.05, 0.1) is 13.7 Å². The summed E-state index contributed by atoms with van der Waals surface area (Å²) in [5, 5.41) is 2.06. The highest BCUT2D eigenvalue weighted by molar-refractivity contribution is 5.97. The van der Waals surface area contributed by atoms with Gasteiger partial charge in [-0.2, -0.15) is 13.2 Å². The molecular weight excluding hydrogens is 253 g/mol. The van der Waals surface area contributed by atoms with Crippen LogP contribution in [0.25, 0.3) is 0 Å². The normalized spacial score (nSPS) is 10.9. The molecule has 8 heteroatoms. The molecule has 1 aromatic heterocycles. The van der Waals surface area contributed by atoms with E-state index in [4.69, 9.17) is 0 Å². The molecule has 1 amide bonds. The minimum atomic E-state index is -4.62. The number of hydrogen-bond donors (Lipinski definition) is 1. The molecular formula is C10H9F3N2O3. The van der Waals surface area contributed by atoms with Gasteiger partial charge in [0.1, 0.15) is 11.4 Å². The molecule has 0 aliphatic rings. The van der Waals surface area contributed by atoms with Gasteiger partial charge in [-0.05, 0) is 12.1 Å². The van der Waals surface area contributed by atoms with Crippen molar-refractivity contribution in [1.29, 1.82) is 0 Å². The van der Waals surface area contributed by atoms with E-state index in [1.165, 1.54) is 0 Å². The molecule has 1 N–H and O–H groups in total. The van der Waals surface area contributed by atoms with Crippen molar-refractivity contribution >= 4 is 11.9 Å². The van der Waals surface area contributed by atoms with Gasteiger partial charge in [0.2, 0.25) is 0 Å². The molecule has 0 saturated heterocycles. The number of ketones is 1. The minimum Gasteiger partial charge on any atom is -0.453 e. The molecule has 0 fully saturated rings. The SMILES string of the molecule is COC(=O)NCC(=O)c1cccc(C(F)(F)F)n1. The highest BCUT2D eigenvalue weighted by Gasteiger charge is 2.32. The number of carbonyl (C=O) groups excluding carboxylic acids is 2. The molecule has 0 saturated carbocycles. The molecule has 0 aromatic carbocycles. The van der Waals surface area contributed by atoms with Gasteiger partial charge >= 0.3 is 12.3 Å². The molecule has 1 aromatic rings. The number of carbonyl (C=O) groups is 2. The van der Waals surface area contributed by atoms with E-state index >= 15 is 0 Å². The van der Waals surface area contributed by atoms with E-state index in [-0.39, 0.29) is 5.69 Å². The average molecular weight is 262 g/mol. The van der Waals surface area contributed by atoms with E-state index < -0.39 is 30.3 Å². The van der Waals surface area contributed by atoms with Crippen LogP contribution in [0.3, 0.4) is 0 Å². The Morgan fingerprint density at radius 1 is 1.39 bits per heavy atom. The van der Waals surface area contributed by atoms with Crippen LogP contribution in [0.4, 0.5) is 18.0 Å². The molecule has 0 spiro atoms. The third-order valence-corrected chi connectivity index (χ3v) is 1.90. The zero-order chi connectivity index (χ0) is 13.8. The first-order valence-corrected chi connectivity index (χ1v) is 4.74. The summed E-state index contributed by atoms with van der Waals surface area (Å²) in [5.74, 6) is -0.744. The molecule has 98 valence electrons. The highest BCUT2D eigenvalue weighted by Crippen LogP contribution is 2.27. The van der Waals surface area contributed by atoms with Crippen LogP contribution in [0.5, 0.6) is 0 Å². The average Bonchev–Trinajstić information content (AvgIpc) is 2.34. The Labute approximate surface area is 100.0 Å². The van der Waals surface area contributed by atoms with Crippen molar-refractivity contribution in [1.82, 2.24) is 10.3 Å². The summed E-state index contributed by atoms with van der Waals surface area (Å²) in [6, 6.07) is 2.96. The van der Waals surface area contributed by atoms with E-state index in [1.54, 1.807) is 0 Å². The molecule has 0 radical (unpaired) electrons. The van der Waals surface area contributed by atoms with Crippen molar-refractivity contribution in [2.24, 2.45) is 0 Å². The summed E-state index contributed by atoms with van der Waals surface area (Å²) in [5.41, 5.74) is -1.53. The van der Waals surface area contributed by atoms with E-state index in [9.17, 15) is 22.8 Å². The smallest absolute Gasteiger partial charge is 0.433 e. The number of pyridine rings is 1. The monoisotopic (exact) mass is 262 g/mol. The molecule has 18 heavy (non-hydrogen) atoms. The quantitative estimate of drug-likeness (QED) is 0.841. The van der Waals surface area contributed by atoms with Crippen molar-refractivity contribution in [3.05, 3.63) is 29.6 Å². The Kier molecular flexibility index (Phi) is 4.24. The fraction of sp³-hybridized carbons (Fsp3) is 0.300. The maximum Gasteiger partial charge on any atom is 0.433 e. The number of halogens is 3. The van der Waals surface area contributed by atoms with Gasteiger partial charge < -0.3 is 10.1 Å². The van der Waals surface area contributed by atoms with Crippen LogP contribution in [-0.2, 0) is 10.9 Å². The lowest BCUT2D eigenvalue weighted by Gasteiger charge is -2.07. The van der Waals surface area contributed by atoms with Crippen molar-refractivity contribution in [3.8, 4) is 0 Å².